The molecular formula is C21H23ClN2O6S. The molecule has 1 aliphatic rings. The third kappa shape index (κ3) is 5.17. The van der Waals surface area contributed by atoms with Crippen LogP contribution in [0.3, 0.4) is 0 Å². The Morgan fingerprint density at radius 1 is 1.06 bits per heavy atom. The first-order valence-electron chi connectivity index (χ1n) is 9.59. The molecule has 1 amide bonds. The molecule has 1 aliphatic heterocycles. The van der Waals surface area contributed by atoms with Crippen molar-refractivity contribution < 1.29 is 27.5 Å². The van der Waals surface area contributed by atoms with Crippen LogP contribution < -0.4 is 10.1 Å². The van der Waals surface area contributed by atoms with E-state index in [-0.39, 0.29) is 34.8 Å². The number of hydrogen-bond donors (Lipinski definition) is 1. The number of benzene rings is 2. The molecule has 0 bridgehead atoms. The number of rotatable bonds is 6. The van der Waals surface area contributed by atoms with E-state index in [0.717, 1.165) is 0 Å². The highest BCUT2D eigenvalue weighted by atomic mass is 35.5. The second-order valence-corrected chi connectivity index (χ2v) is 9.38. The quantitative estimate of drug-likeness (QED) is 0.656. The summed E-state index contributed by atoms with van der Waals surface area (Å²) < 4.78 is 36.9. The number of methoxy groups -OCH3 is 2. The molecule has 0 radical (unpaired) electrons. The fourth-order valence-corrected chi connectivity index (χ4v) is 5.19. The zero-order chi connectivity index (χ0) is 22.6. The zero-order valence-electron chi connectivity index (χ0n) is 17.1. The van der Waals surface area contributed by atoms with Crippen molar-refractivity contribution in [2.75, 3.05) is 32.6 Å². The SMILES string of the molecule is COC(=O)c1ccc(NC(=O)C2CCN(S(=O)(=O)c3ccc(OC)c(Cl)c3)CC2)cc1. The maximum Gasteiger partial charge on any atom is 0.337 e. The van der Waals surface area contributed by atoms with Gasteiger partial charge in [-0.1, -0.05) is 11.6 Å². The molecular weight excluding hydrogens is 444 g/mol. The summed E-state index contributed by atoms with van der Waals surface area (Å²) in [5.74, 6) is -0.554. The molecule has 3 rings (SSSR count). The van der Waals surface area contributed by atoms with Gasteiger partial charge in [-0.2, -0.15) is 4.31 Å². The third-order valence-corrected chi connectivity index (χ3v) is 7.35. The fourth-order valence-electron chi connectivity index (χ4n) is 3.37. The summed E-state index contributed by atoms with van der Waals surface area (Å²) in [4.78, 5) is 24.2. The van der Waals surface area contributed by atoms with Crippen molar-refractivity contribution in [1.82, 2.24) is 4.31 Å². The van der Waals surface area contributed by atoms with E-state index in [1.165, 1.54) is 36.7 Å². The predicted molar refractivity (Wildman–Crippen MR) is 116 cm³/mol. The number of anilines is 1. The molecule has 2 aromatic carbocycles. The summed E-state index contributed by atoms with van der Waals surface area (Å²) in [5, 5.41) is 3.03. The van der Waals surface area contributed by atoms with Crippen LogP contribution in [0.1, 0.15) is 23.2 Å². The number of esters is 1. The van der Waals surface area contributed by atoms with Crippen molar-refractivity contribution in [3.63, 3.8) is 0 Å². The number of nitrogens with zero attached hydrogens (tertiary/aromatic N) is 1. The number of hydrogen-bond acceptors (Lipinski definition) is 6. The average molecular weight is 467 g/mol. The van der Waals surface area contributed by atoms with Gasteiger partial charge in [-0.05, 0) is 55.3 Å². The zero-order valence-corrected chi connectivity index (χ0v) is 18.7. The summed E-state index contributed by atoms with van der Waals surface area (Å²) in [7, 11) is -0.959. The van der Waals surface area contributed by atoms with Gasteiger partial charge in [0.2, 0.25) is 15.9 Å². The van der Waals surface area contributed by atoms with Gasteiger partial charge in [0.15, 0.2) is 0 Å². The van der Waals surface area contributed by atoms with Gasteiger partial charge < -0.3 is 14.8 Å². The molecule has 8 nitrogen and oxygen atoms in total. The third-order valence-electron chi connectivity index (χ3n) is 5.16. The second kappa shape index (κ2) is 9.67. The van der Waals surface area contributed by atoms with Gasteiger partial charge in [-0.25, -0.2) is 13.2 Å². The maximum atomic E-state index is 12.9. The number of sulfonamides is 1. The molecule has 0 unspecified atom stereocenters. The van der Waals surface area contributed by atoms with Gasteiger partial charge in [-0.15, -0.1) is 0 Å². The first kappa shape index (κ1) is 23.1. The van der Waals surface area contributed by atoms with E-state index >= 15 is 0 Å². The fraction of sp³-hybridized carbons (Fsp3) is 0.333. The Labute approximate surface area is 186 Å². The lowest BCUT2D eigenvalue weighted by atomic mass is 9.97. The van der Waals surface area contributed by atoms with Gasteiger partial charge in [0.25, 0.3) is 0 Å². The number of ether oxygens (including phenoxy) is 2. The molecule has 10 heteroatoms. The number of carbonyl (C=O) groups excluding carboxylic acids is 2. The smallest absolute Gasteiger partial charge is 0.337 e. The van der Waals surface area contributed by atoms with E-state index in [9.17, 15) is 18.0 Å². The Morgan fingerprint density at radius 3 is 2.26 bits per heavy atom. The minimum atomic E-state index is -3.72. The number of halogens is 1. The standard InChI is InChI=1S/C21H23ClN2O6S/c1-29-19-8-7-17(13-18(19)22)31(27,28)24-11-9-14(10-12-24)20(25)23-16-5-3-15(4-6-16)21(26)30-2/h3-8,13-14H,9-12H2,1-2H3,(H,23,25). The topological polar surface area (TPSA) is 102 Å². The maximum absolute atomic E-state index is 12.9. The van der Waals surface area contributed by atoms with Gasteiger partial charge >= 0.3 is 5.97 Å². The van der Waals surface area contributed by atoms with Gasteiger partial charge in [-0.3, -0.25) is 4.79 Å². The van der Waals surface area contributed by atoms with E-state index in [4.69, 9.17) is 16.3 Å². The molecule has 0 aromatic heterocycles. The lowest BCUT2D eigenvalue weighted by Crippen LogP contribution is -2.41. The van der Waals surface area contributed by atoms with Crippen LogP contribution >= 0.6 is 11.6 Å². The van der Waals surface area contributed by atoms with Crippen LogP contribution in [0.2, 0.25) is 5.02 Å². The van der Waals surface area contributed by atoms with Crippen molar-refractivity contribution >= 4 is 39.2 Å². The molecule has 0 spiro atoms. The Balaban J connectivity index is 1.60. The summed E-state index contributed by atoms with van der Waals surface area (Å²) in [6.45, 7) is 0.455. The lowest BCUT2D eigenvalue weighted by Gasteiger charge is -2.30. The molecule has 1 N–H and O–H groups in total. The van der Waals surface area contributed by atoms with Crippen molar-refractivity contribution in [3.8, 4) is 5.75 Å². The molecule has 1 saturated heterocycles. The van der Waals surface area contributed by atoms with Gasteiger partial charge in [0.05, 0.1) is 29.7 Å². The number of nitrogens with one attached hydrogen (secondary N) is 1. The first-order chi connectivity index (χ1) is 14.8. The first-order valence-corrected chi connectivity index (χ1v) is 11.4. The molecule has 0 saturated carbocycles. The highest BCUT2D eigenvalue weighted by Crippen LogP contribution is 2.30. The molecule has 166 valence electrons. The molecule has 1 heterocycles. The minimum absolute atomic E-state index is 0.0897. The lowest BCUT2D eigenvalue weighted by molar-refractivity contribution is -0.120. The second-order valence-electron chi connectivity index (χ2n) is 7.03. The molecule has 2 aromatic rings. The number of piperidine rings is 1. The van der Waals surface area contributed by atoms with Crippen LogP contribution in [0.5, 0.6) is 5.75 Å². The van der Waals surface area contributed by atoms with E-state index in [0.29, 0.717) is 29.8 Å². The van der Waals surface area contributed by atoms with Crippen molar-refractivity contribution in [3.05, 3.63) is 53.1 Å². The van der Waals surface area contributed by atoms with Crippen molar-refractivity contribution in [1.29, 1.82) is 0 Å². The Kier molecular flexibility index (Phi) is 7.19. The average Bonchev–Trinajstić information content (AvgIpc) is 2.79. The van der Waals surface area contributed by atoms with Crippen LogP contribution in [-0.2, 0) is 19.6 Å². The van der Waals surface area contributed by atoms with E-state index in [2.05, 4.69) is 10.1 Å². The summed E-state index contributed by atoms with van der Waals surface area (Å²) in [6, 6.07) is 10.7. The molecule has 1 fully saturated rings. The predicted octanol–water partition coefficient (Wildman–Crippen LogP) is 3.17. The van der Waals surface area contributed by atoms with Gasteiger partial charge in [0, 0.05) is 24.7 Å². The van der Waals surface area contributed by atoms with E-state index in [1.807, 2.05) is 0 Å². The summed E-state index contributed by atoms with van der Waals surface area (Å²) in [5.41, 5.74) is 0.943. The molecule has 0 aliphatic carbocycles. The van der Waals surface area contributed by atoms with E-state index in [1.54, 1.807) is 24.3 Å². The Morgan fingerprint density at radius 2 is 1.71 bits per heavy atom. The van der Waals surface area contributed by atoms with Crippen LogP contribution in [0.15, 0.2) is 47.4 Å². The summed E-state index contributed by atoms with van der Waals surface area (Å²) >= 11 is 6.07. The van der Waals surface area contributed by atoms with Crippen LogP contribution in [-0.4, -0.2) is 51.9 Å². The van der Waals surface area contributed by atoms with E-state index < -0.39 is 16.0 Å². The normalized spacial score (nSPS) is 15.3. The van der Waals surface area contributed by atoms with Crippen LogP contribution in [0, 0.1) is 5.92 Å². The Hall–Kier alpha value is -2.62. The molecule has 31 heavy (non-hydrogen) atoms. The molecule has 0 atom stereocenters. The van der Waals surface area contributed by atoms with Crippen LogP contribution in [0.25, 0.3) is 0 Å². The number of carbonyl (C=O) groups is 2. The minimum Gasteiger partial charge on any atom is -0.495 e. The highest BCUT2D eigenvalue weighted by molar-refractivity contribution is 7.89. The monoisotopic (exact) mass is 466 g/mol. The van der Waals surface area contributed by atoms with Gasteiger partial charge in [0.1, 0.15) is 5.75 Å². The Bertz CT molecular complexity index is 1060. The summed E-state index contributed by atoms with van der Waals surface area (Å²) in [6.07, 6.45) is 0.796. The van der Waals surface area contributed by atoms with Crippen molar-refractivity contribution in [2.24, 2.45) is 5.92 Å². The largest absolute Gasteiger partial charge is 0.495 e. The highest BCUT2D eigenvalue weighted by Gasteiger charge is 2.32. The van der Waals surface area contributed by atoms with Crippen molar-refractivity contribution in [2.45, 2.75) is 17.7 Å². The van der Waals surface area contributed by atoms with Crippen LogP contribution in [0.4, 0.5) is 5.69 Å². The number of amides is 1.